The molecule has 0 saturated heterocycles. The molecule has 2 N–H and O–H groups in total. The summed E-state index contributed by atoms with van der Waals surface area (Å²) in [5.74, 6) is 1.35. The molecule has 0 fully saturated rings. The van der Waals surface area contributed by atoms with Gasteiger partial charge in [0.2, 0.25) is 0 Å². The summed E-state index contributed by atoms with van der Waals surface area (Å²) in [6, 6.07) is 0.361. The van der Waals surface area contributed by atoms with Gasteiger partial charge in [-0.2, -0.15) is 0 Å². The lowest BCUT2D eigenvalue weighted by atomic mass is 10.1. The molecule has 0 aromatic carbocycles. The van der Waals surface area contributed by atoms with E-state index >= 15 is 0 Å². The Labute approximate surface area is 95.0 Å². The molecule has 1 unspecified atom stereocenters. The van der Waals surface area contributed by atoms with Gasteiger partial charge in [-0.25, -0.2) is 0 Å². The average Bonchev–Trinajstić information content (AvgIpc) is 2.11. The number of nitrogens with two attached hydrogens (primary N) is 1. The van der Waals surface area contributed by atoms with Crippen molar-refractivity contribution in [3.05, 3.63) is 0 Å². The SMILES string of the molecule is COCC(CN)N(CC(C)C)CC(C)C. The van der Waals surface area contributed by atoms with Crippen molar-refractivity contribution in [2.24, 2.45) is 17.6 Å². The fraction of sp³-hybridized carbons (Fsp3) is 1.00. The van der Waals surface area contributed by atoms with Crippen LogP contribution in [-0.2, 0) is 4.74 Å². The zero-order valence-electron chi connectivity index (χ0n) is 11.0. The zero-order chi connectivity index (χ0) is 11.8. The van der Waals surface area contributed by atoms with Crippen LogP contribution in [0.15, 0.2) is 0 Å². The molecule has 0 radical (unpaired) electrons. The van der Waals surface area contributed by atoms with Crippen LogP contribution in [0.25, 0.3) is 0 Å². The van der Waals surface area contributed by atoms with Gasteiger partial charge in [-0.05, 0) is 11.8 Å². The molecule has 0 saturated carbocycles. The quantitative estimate of drug-likeness (QED) is 0.669. The molecule has 3 nitrogen and oxygen atoms in total. The molecule has 0 aliphatic rings. The zero-order valence-corrected chi connectivity index (χ0v) is 11.0. The average molecular weight is 216 g/mol. The molecule has 0 aromatic heterocycles. The van der Waals surface area contributed by atoms with Crippen LogP contribution >= 0.6 is 0 Å². The summed E-state index contributed by atoms with van der Waals surface area (Å²) in [6.45, 7) is 12.6. The number of hydrogen-bond donors (Lipinski definition) is 1. The first-order valence-corrected chi connectivity index (χ1v) is 5.94. The van der Waals surface area contributed by atoms with Gasteiger partial charge < -0.3 is 10.5 Å². The predicted molar refractivity (Wildman–Crippen MR) is 66.0 cm³/mol. The van der Waals surface area contributed by atoms with Crippen LogP contribution in [0.2, 0.25) is 0 Å². The van der Waals surface area contributed by atoms with Crippen molar-refractivity contribution in [1.29, 1.82) is 0 Å². The molecule has 15 heavy (non-hydrogen) atoms. The van der Waals surface area contributed by atoms with Crippen LogP contribution < -0.4 is 5.73 Å². The Balaban J connectivity index is 4.28. The predicted octanol–water partition coefficient (Wildman–Crippen LogP) is 1.57. The Morgan fingerprint density at radius 1 is 1.07 bits per heavy atom. The van der Waals surface area contributed by atoms with Crippen molar-refractivity contribution >= 4 is 0 Å². The number of nitrogens with zero attached hydrogens (tertiary/aromatic N) is 1. The van der Waals surface area contributed by atoms with E-state index in [-0.39, 0.29) is 0 Å². The van der Waals surface area contributed by atoms with Crippen LogP contribution in [0.3, 0.4) is 0 Å². The summed E-state index contributed by atoms with van der Waals surface area (Å²) in [6.07, 6.45) is 0. The van der Waals surface area contributed by atoms with Crippen LogP contribution in [-0.4, -0.2) is 44.3 Å². The molecular weight excluding hydrogens is 188 g/mol. The molecule has 0 bridgehead atoms. The second-order valence-corrected chi connectivity index (χ2v) is 5.09. The van der Waals surface area contributed by atoms with E-state index in [1.165, 1.54) is 0 Å². The van der Waals surface area contributed by atoms with Crippen LogP contribution in [0, 0.1) is 11.8 Å². The second-order valence-electron chi connectivity index (χ2n) is 5.09. The largest absolute Gasteiger partial charge is 0.383 e. The highest BCUT2D eigenvalue weighted by Gasteiger charge is 2.18. The highest BCUT2D eigenvalue weighted by Crippen LogP contribution is 2.08. The summed E-state index contributed by atoms with van der Waals surface area (Å²) in [5.41, 5.74) is 5.79. The Bertz CT molecular complexity index is 139. The molecular formula is C12H28N2O. The van der Waals surface area contributed by atoms with Gasteiger partial charge in [0, 0.05) is 32.8 Å². The van der Waals surface area contributed by atoms with E-state index in [0.29, 0.717) is 24.4 Å². The van der Waals surface area contributed by atoms with Gasteiger partial charge in [0.1, 0.15) is 0 Å². The molecule has 0 aromatic rings. The lowest BCUT2D eigenvalue weighted by Crippen LogP contribution is -2.46. The molecule has 0 amide bonds. The first-order chi connectivity index (χ1) is 7.01. The third kappa shape index (κ3) is 6.88. The van der Waals surface area contributed by atoms with Crippen LogP contribution in [0.1, 0.15) is 27.7 Å². The number of hydrogen-bond acceptors (Lipinski definition) is 3. The fourth-order valence-electron chi connectivity index (χ4n) is 1.83. The minimum atomic E-state index is 0.361. The van der Waals surface area contributed by atoms with Crippen molar-refractivity contribution in [1.82, 2.24) is 4.90 Å². The van der Waals surface area contributed by atoms with Crippen LogP contribution in [0.5, 0.6) is 0 Å². The standard InChI is InChI=1S/C12H28N2O/c1-10(2)7-14(8-11(3)4)12(6-13)9-15-5/h10-12H,6-9,13H2,1-5H3. The molecule has 0 aliphatic carbocycles. The van der Waals surface area contributed by atoms with E-state index in [4.69, 9.17) is 10.5 Å². The monoisotopic (exact) mass is 216 g/mol. The first-order valence-electron chi connectivity index (χ1n) is 5.94. The lowest BCUT2D eigenvalue weighted by Gasteiger charge is -2.33. The first kappa shape index (κ1) is 14.9. The Hall–Kier alpha value is -0.120. The molecule has 0 aliphatic heterocycles. The molecule has 1 atom stereocenters. The third-order valence-electron chi connectivity index (χ3n) is 2.35. The van der Waals surface area contributed by atoms with Gasteiger partial charge in [-0.3, -0.25) is 4.90 Å². The molecule has 0 spiro atoms. The van der Waals surface area contributed by atoms with Gasteiger partial charge in [0.05, 0.1) is 6.61 Å². The maximum absolute atomic E-state index is 5.79. The van der Waals surface area contributed by atoms with E-state index in [2.05, 4.69) is 32.6 Å². The summed E-state index contributed by atoms with van der Waals surface area (Å²) >= 11 is 0. The van der Waals surface area contributed by atoms with Crippen molar-refractivity contribution in [3.8, 4) is 0 Å². The lowest BCUT2D eigenvalue weighted by molar-refractivity contribution is 0.0781. The Kier molecular flexibility index (Phi) is 8.02. The van der Waals surface area contributed by atoms with E-state index in [9.17, 15) is 0 Å². The Morgan fingerprint density at radius 2 is 1.53 bits per heavy atom. The highest BCUT2D eigenvalue weighted by atomic mass is 16.5. The summed E-state index contributed by atoms with van der Waals surface area (Å²) in [7, 11) is 1.74. The summed E-state index contributed by atoms with van der Waals surface area (Å²) in [5, 5.41) is 0. The van der Waals surface area contributed by atoms with E-state index in [0.717, 1.165) is 19.7 Å². The summed E-state index contributed by atoms with van der Waals surface area (Å²) < 4.78 is 5.22. The molecule has 0 rings (SSSR count). The maximum Gasteiger partial charge on any atom is 0.0630 e. The van der Waals surface area contributed by atoms with Gasteiger partial charge in [0.15, 0.2) is 0 Å². The van der Waals surface area contributed by atoms with Gasteiger partial charge >= 0.3 is 0 Å². The highest BCUT2D eigenvalue weighted by molar-refractivity contribution is 4.74. The molecule has 92 valence electrons. The van der Waals surface area contributed by atoms with Crippen molar-refractivity contribution in [3.63, 3.8) is 0 Å². The van der Waals surface area contributed by atoms with Crippen molar-refractivity contribution in [2.75, 3.05) is 33.4 Å². The van der Waals surface area contributed by atoms with E-state index in [1.54, 1.807) is 7.11 Å². The van der Waals surface area contributed by atoms with E-state index in [1.807, 2.05) is 0 Å². The third-order valence-corrected chi connectivity index (χ3v) is 2.35. The fourth-order valence-corrected chi connectivity index (χ4v) is 1.83. The van der Waals surface area contributed by atoms with Crippen molar-refractivity contribution in [2.45, 2.75) is 33.7 Å². The normalized spacial score (nSPS) is 14.2. The van der Waals surface area contributed by atoms with Gasteiger partial charge in [-0.15, -0.1) is 0 Å². The number of rotatable bonds is 8. The second kappa shape index (κ2) is 8.08. The number of ether oxygens (including phenoxy) is 1. The molecule has 0 heterocycles. The smallest absolute Gasteiger partial charge is 0.0630 e. The van der Waals surface area contributed by atoms with Crippen molar-refractivity contribution < 1.29 is 4.74 Å². The van der Waals surface area contributed by atoms with Crippen LogP contribution in [0.4, 0.5) is 0 Å². The minimum Gasteiger partial charge on any atom is -0.383 e. The van der Waals surface area contributed by atoms with Gasteiger partial charge in [-0.1, -0.05) is 27.7 Å². The Morgan fingerprint density at radius 3 is 1.80 bits per heavy atom. The van der Waals surface area contributed by atoms with E-state index < -0.39 is 0 Å². The van der Waals surface area contributed by atoms with Gasteiger partial charge in [0.25, 0.3) is 0 Å². The molecule has 3 heteroatoms. The minimum absolute atomic E-state index is 0.361. The summed E-state index contributed by atoms with van der Waals surface area (Å²) in [4.78, 5) is 2.46. The number of methoxy groups -OCH3 is 1. The topological polar surface area (TPSA) is 38.5 Å². The maximum atomic E-state index is 5.79.